The molecule has 0 bridgehead atoms. The molecule has 25 heavy (non-hydrogen) atoms. The minimum absolute atomic E-state index is 0.130. The number of carboxylic acids is 1. The Hall–Kier alpha value is -2.26. The van der Waals surface area contributed by atoms with Crippen LogP contribution in [0.3, 0.4) is 0 Å². The van der Waals surface area contributed by atoms with Gasteiger partial charge in [-0.25, -0.2) is 4.79 Å². The Morgan fingerprint density at radius 3 is 2.20 bits per heavy atom. The standard InChI is InChI=1S/C16H21NO7S/c1-16(2,9-12(18)8-11-6-4-3-5-7-11)15(21)17-13(14(19)20)10-25(22,23)24/h3-7,13H,8-10H2,1-2H3,(H,17,21)(H,19,20)(H,22,23,24). The fourth-order valence-corrected chi connectivity index (χ4v) is 2.85. The molecule has 0 heterocycles. The number of amides is 1. The molecule has 0 saturated carbocycles. The molecule has 3 N–H and O–H groups in total. The van der Waals surface area contributed by atoms with E-state index in [-0.39, 0.29) is 18.6 Å². The molecule has 0 aliphatic rings. The maximum atomic E-state index is 12.3. The van der Waals surface area contributed by atoms with Crippen molar-refractivity contribution in [1.82, 2.24) is 5.32 Å². The third kappa shape index (κ3) is 7.44. The van der Waals surface area contributed by atoms with Gasteiger partial charge >= 0.3 is 5.97 Å². The number of hydrogen-bond acceptors (Lipinski definition) is 5. The third-order valence-electron chi connectivity index (χ3n) is 3.48. The lowest BCUT2D eigenvalue weighted by Gasteiger charge is -2.25. The molecule has 8 nitrogen and oxygen atoms in total. The van der Waals surface area contributed by atoms with Crippen molar-refractivity contribution in [3.8, 4) is 0 Å². The summed E-state index contributed by atoms with van der Waals surface area (Å²) in [5, 5.41) is 11.0. The Kier molecular flexibility index (Phi) is 6.83. The number of ketones is 1. The smallest absolute Gasteiger partial charge is 0.327 e. The number of carboxylic acid groups (broad SMARTS) is 1. The molecule has 0 saturated heterocycles. The van der Waals surface area contributed by atoms with Gasteiger partial charge in [-0.1, -0.05) is 44.2 Å². The van der Waals surface area contributed by atoms with Gasteiger partial charge in [0.15, 0.2) is 0 Å². The normalized spacial score (nSPS) is 13.1. The average Bonchev–Trinajstić information content (AvgIpc) is 2.45. The molecule has 0 fully saturated rings. The highest BCUT2D eigenvalue weighted by Crippen LogP contribution is 2.22. The number of hydrogen-bond donors (Lipinski definition) is 3. The van der Waals surface area contributed by atoms with Gasteiger partial charge in [0.1, 0.15) is 17.6 Å². The van der Waals surface area contributed by atoms with E-state index in [9.17, 15) is 22.8 Å². The molecule has 0 aromatic heterocycles. The lowest BCUT2D eigenvalue weighted by molar-refractivity contribution is -0.143. The summed E-state index contributed by atoms with van der Waals surface area (Å²) < 4.78 is 30.5. The minimum atomic E-state index is -4.59. The van der Waals surface area contributed by atoms with Crippen molar-refractivity contribution >= 4 is 27.8 Å². The third-order valence-corrected chi connectivity index (χ3v) is 4.23. The summed E-state index contributed by atoms with van der Waals surface area (Å²) in [6, 6.07) is 7.13. The van der Waals surface area contributed by atoms with Crippen LogP contribution in [-0.2, 0) is 30.9 Å². The van der Waals surface area contributed by atoms with Crippen molar-refractivity contribution in [2.75, 3.05) is 5.75 Å². The van der Waals surface area contributed by atoms with E-state index >= 15 is 0 Å². The van der Waals surface area contributed by atoms with Crippen LogP contribution in [0.15, 0.2) is 30.3 Å². The molecule has 0 radical (unpaired) electrons. The second kappa shape index (κ2) is 8.21. The van der Waals surface area contributed by atoms with E-state index in [1.165, 1.54) is 13.8 Å². The maximum absolute atomic E-state index is 12.3. The quantitative estimate of drug-likeness (QED) is 0.542. The first-order valence-corrected chi connectivity index (χ1v) is 9.06. The fraction of sp³-hybridized carbons (Fsp3) is 0.438. The highest BCUT2D eigenvalue weighted by atomic mass is 32.2. The molecule has 138 valence electrons. The lowest BCUT2D eigenvalue weighted by Crippen LogP contribution is -2.50. The minimum Gasteiger partial charge on any atom is -0.480 e. The Bertz CT molecular complexity index is 741. The first-order valence-electron chi connectivity index (χ1n) is 7.45. The predicted molar refractivity (Wildman–Crippen MR) is 89.5 cm³/mol. The van der Waals surface area contributed by atoms with Gasteiger partial charge in [0.25, 0.3) is 10.1 Å². The second-order valence-corrected chi connectivity index (χ2v) is 7.87. The van der Waals surface area contributed by atoms with Crippen LogP contribution in [0.4, 0.5) is 0 Å². The number of carbonyl (C=O) groups is 3. The Labute approximate surface area is 146 Å². The van der Waals surface area contributed by atoms with Crippen molar-refractivity contribution in [2.24, 2.45) is 5.41 Å². The lowest BCUT2D eigenvalue weighted by atomic mass is 9.84. The number of rotatable bonds is 9. The molecule has 1 aromatic carbocycles. The molecule has 1 atom stereocenters. The SMILES string of the molecule is CC(C)(CC(=O)Cc1ccccc1)C(=O)NC(CS(=O)(=O)O)C(=O)O. The fourth-order valence-electron chi connectivity index (χ4n) is 2.20. The zero-order valence-electron chi connectivity index (χ0n) is 13.9. The van der Waals surface area contributed by atoms with Crippen LogP contribution in [0.1, 0.15) is 25.8 Å². The van der Waals surface area contributed by atoms with Gasteiger partial charge in [0.2, 0.25) is 5.91 Å². The zero-order valence-corrected chi connectivity index (χ0v) is 14.7. The summed E-state index contributed by atoms with van der Waals surface area (Å²) in [5.74, 6) is -3.75. The van der Waals surface area contributed by atoms with Crippen LogP contribution in [0.2, 0.25) is 0 Å². The highest BCUT2D eigenvalue weighted by Gasteiger charge is 2.34. The summed E-state index contributed by atoms with van der Waals surface area (Å²) in [4.78, 5) is 35.4. The van der Waals surface area contributed by atoms with Crippen LogP contribution in [0, 0.1) is 5.41 Å². The molecule has 1 aromatic rings. The molecular weight excluding hydrogens is 350 g/mol. The summed E-state index contributed by atoms with van der Waals surface area (Å²) in [7, 11) is -4.59. The molecule has 0 spiro atoms. The van der Waals surface area contributed by atoms with E-state index in [1.54, 1.807) is 24.3 Å². The summed E-state index contributed by atoms with van der Waals surface area (Å²) >= 11 is 0. The van der Waals surface area contributed by atoms with Crippen molar-refractivity contribution in [1.29, 1.82) is 0 Å². The summed E-state index contributed by atoms with van der Waals surface area (Å²) in [5.41, 5.74) is -0.447. The predicted octanol–water partition coefficient (Wildman–Crippen LogP) is 0.672. The van der Waals surface area contributed by atoms with Gasteiger partial charge in [-0.15, -0.1) is 0 Å². The van der Waals surface area contributed by atoms with Gasteiger partial charge in [-0.05, 0) is 5.56 Å². The molecule has 1 unspecified atom stereocenters. The first-order chi connectivity index (χ1) is 11.4. The van der Waals surface area contributed by atoms with Gasteiger partial charge in [0.05, 0.1) is 5.41 Å². The largest absolute Gasteiger partial charge is 0.480 e. The maximum Gasteiger partial charge on any atom is 0.327 e. The average molecular weight is 371 g/mol. The zero-order chi connectivity index (χ0) is 19.3. The number of benzene rings is 1. The second-order valence-electron chi connectivity index (χ2n) is 6.37. The van der Waals surface area contributed by atoms with Gasteiger partial charge in [0, 0.05) is 12.8 Å². The van der Waals surface area contributed by atoms with Crippen LogP contribution in [0.25, 0.3) is 0 Å². The van der Waals surface area contributed by atoms with E-state index in [4.69, 9.17) is 9.66 Å². The molecule has 1 amide bonds. The first kappa shape index (κ1) is 20.8. The van der Waals surface area contributed by atoms with Crippen molar-refractivity contribution in [2.45, 2.75) is 32.7 Å². The molecule has 9 heteroatoms. The van der Waals surface area contributed by atoms with E-state index in [2.05, 4.69) is 5.32 Å². The topological polar surface area (TPSA) is 138 Å². The van der Waals surface area contributed by atoms with Gasteiger partial charge < -0.3 is 10.4 Å². The van der Waals surface area contributed by atoms with E-state index in [0.29, 0.717) is 0 Å². The van der Waals surface area contributed by atoms with Crippen molar-refractivity contribution in [3.05, 3.63) is 35.9 Å². The summed E-state index contributed by atoms with van der Waals surface area (Å²) in [6.45, 7) is 2.91. The van der Waals surface area contributed by atoms with E-state index in [0.717, 1.165) is 5.56 Å². The Morgan fingerprint density at radius 1 is 1.16 bits per heavy atom. The van der Waals surface area contributed by atoms with Crippen LogP contribution in [0.5, 0.6) is 0 Å². The van der Waals surface area contributed by atoms with E-state index in [1.807, 2.05) is 6.07 Å². The van der Waals surface area contributed by atoms with Gasteiger partial charge in [-0.2, -0.15) is 8.42 Å². The molecule has 0 aliphatic heterocycles. The Balaban J connectivity index is 2.73. The molecular formula is C16H21NO7S. The van der Waals surface area contributed by atoms with Crippen molar-refractivity contribution < 1.29 is 32.5 Å². The van der Waals surface area contributed by atoms with Crippen molar-refractivity contribution in [3.63, 3.8) is 0 Å². The molecule has 0 aliphatic carbocycles. The number of Topliss-reactive ketones (excluding diaryl/α,β-unsaturated/α-hetero) is 1. The highest BCUT2D eigenvalue weighted by molar-refractivity contribution is 7.85. The molecule has 1 rings (SSSR count). The van der Waals surface area contributed by atoms with Crippen LogP contribution >= 0.6 is 0 Å². The van der Waals surface area contributed by atoms with Gasteiger partial charge in [-0.3, -0.25) is 14.1 Å². The summed E-state index contributed by atoms with van der Waals surface area (Å²) in [6.07, 6.45) is -0.0170. The van der Waals surface area contributed by atoms with E-state index < -0.39 is 39.2 Å². The number of nitrogens with one attached hydrogen (secondary N) is 1. The van der Waals surface area contributed by atoms with Crippen LogP contribution < -0.4 is 5.32 Å². The van der Waals surface area contributed by atoms with Crippen LogP contribution in [-0.4, -0.2) is 47.5 Å². The Morgan fingerprint density at radius 2 is 1.72 bits per heavy atom. The number of carbonyl (C=O) groups excluding carboxylic acids is 2. The monoisotopic (exact) mass is 371 g/mol. The number of aliphatic carboxylic acids is 1.